The Kier molecular flexibility index (Phi) is 5.30. The van der Waals surface area contributed by atoms with E-state index in [1.165, 1.54) is 0 Å². The first-order valence-corrected chi connectivity index (χ1v) is 8.72. The zero-order chi connectivity index (χ0) is 17.1. The van der Waals surface area contributed by atoms with Gasteiger partial charge < -0.3 is 14.2 Å². The molecule has 0 aliphatic carbocycles. The van der Waals surface area contributed by atoms with Crippen LogP contribution in [0.4, 0.5) is 0 Å². The van der Waals surface area contributed by atoms with E-state index >= 15 is 0 Å². The van der Waals surface area contributed by atoms with E-state index in [4.69, 9.17) is 4.52 Å². The Balaban J connectivity index is 1.50. The second kappa shape index (κ2) is 7.44. The Bertz CT molecular complexity index is 643. The summed E-state index contributed by atoms with van der Waals surface area (Å²) < 4.78 is 7.25. The number of aliphatic hydroxyl groups excluding tert-OH is 1. The van der Waals surface area contributed by atoms with Gasteiger partial charge in [-0.05, 0) is 37.8 Å². The highest BCUT2D eigenvalue weighted by atomic mass is 16.5. The summed E-state index contributed by atoms with van der Waals surface area (Å²) in [6.45, 7) is 6.83. The van der Waals surface area contributed by atoms with Crippen molar-refractivity contribution in [1.29, 1.82) is 0 Å². The van der Waals surface area contributed by atoms with Gasteiger partial charge in [-0.1, -0.05) is 19.0 Å². The van der Waals surface area contributed by atoms with Crippen molar-refractivity contribution in [3.63, 3.8) is 0 Å². The molecular weight excluding hydrogens is 306 g/mol. The lowest BCUT2D eigenvalue weighted by molar-refractivity contribution is 0.0465. The summed E-state index contributed by atoms with van der Waals surface area (Å²) in [4.78, 5) is 11.1. The molecule has 1 aliphatic heterocycles. The van der Waals surface area contributed by atoms with E-state index < -0.39 is 6.10 Å². The van der Waals surface area contributed by atoms with Crippen molar-refractivity contribution in [1.82, 2.24) is 24.6 Å². The molecule has 0 bridgehead atoms. The molecule has 2 aromatic rings. The molecule has 0 radical (unpaired) electrons. The third-order valence-corrected chi connectivity index (χ3v) is 4.66. The predicted octanol–water partition coefficient (Wildman–Crippen LogP) is 1.95. The molecule has 1 aliphatic rings. The van der Waals surface area contributed by atoms with Crippen LogP contribution in [0.3, 0.4) is 0 Å². The fourth-order valence-corrected chi connectivity index (χ4v) is 3.29. The number of aryl methyl sites for hydroxylation is 1. The molecule has 132 valence electrons. The summed E-state index contributed by atoms with van der Waals surface area (Å²) in [5.74, 6) is 3.01. The Morgan fingerprint density at radius 1 is 1.33 bits per heavy atom. The molecule has 24 heavy (non-hydrogen) atoms. The summed E-state index contributed by atoms with van der Waals surface area (Å²) in [5.41, 5.74) is 0. The van der Waals surface area contributed by atoms with Gasteiger partial charge >= 0.3 is 0 Å². The van der Waals surface area contributed by atoms with E-state index in [9.17, 15) is 5.11 Å². The number of aliphatic hydroxyl groups is 1. The third kappa shape index (κ3) is 4.02. The number of nitrogens with zero attached hydrogens (tertiary/aromatic N) is 5. The smallest absolute Gasteiger partial charge is 0.240 e. The van der Waals surface area contributed by atoms with Crippen molar-refractivity contribution in [2.45, 2.75) is 45.8 Å². The minimum absolute atomic E-state index is 0.251. The monoisotopic (exact) mass is 333 g/mol. The summed E-state index contributed by atoms with van der Waals surface area (Å²) in [7, 11) is 1.92. The van der Waals surface area contributed by atoms with Gasteiger partial charge in [0.2, 0.25) is 5.89 Å². The first kappa shape index (κ1) is 17.1. The summed E-state index contributed by atoms with van der Waals surface area (Å²) in [5, 5.41) is 14.6. The summed E-state index contributed by atoms with van der Waals surface area (Å²) >= 11 is 0. The average molecular weight is 333 g/mol. The second-order valence-corrected chi connectivity index (χ2v) is 7.16. The summed E-state index contributed by atoms with van der Waals surface area (Å²) in [6.07, 6.45) is 5.85. The van der Waals surface area contributed by atoms with Gasteiger partial charge in [0.05, 0.1) is 6.54 Å². The summed E-state index contributed by atoms with van der Waals surface area (Å²) in [6, 6.07) is 0. The van der Waals surface area contributed by atoms with Gasteiger partial charge in [0.1, 0.15) is 11.9 Å². The molecule has 1 unspecified atom stereocenters. The highest BCUT2D eigenvalue weighted by Gasteiger charge is 2.29. The van der Waals surface area contributed by atoms with Crippen molar-refractivity contribution in [3.05, 3.63) is 29.9 Å². The first-order valence-electron chi connectivity index (χ1n) is 8.72. The average Bonchev–Trinajstić information content (AvgIpc) is 3.16. The molecule has 7 heteroatoms. The molecule has 0 aromatic carbocycles. The van der Waals surface area contributed by atoms with Crippen LogP contribution in [-0.2, 0) is 20.0 Å². The number of hydrogen-bond acceptors (Lipinski definition) is 6. The molecule has 1 atom stereocenters. The zero-order valence-corrected chi connectivity index (χ0v) is 14.7. The van der Waals surface area contributed by atoms with Crippen LogP contribution < -0.4 is 0 Å². The lowest BCUT2D eigenvalue weighted by Gasteiger charge is -2.33. The molecule has 1 fully saturated rings. The highest BCUT2D eigenvalue weighted by Crippen LogP contribution is 2.30. The van der Waals surface area contributed by atoms with E-state index in [0.717, 1.165) is 44.0 Å². The van der Waals surface area contributed by atoms with Crippen LogP contribution in [0.25, 0.3) is 0 Å². The second-order valence-electron chi connectivity index (χ2n) is 7.16. The number of rotatable bonds is 6. The molecule has 3 rings (SSSR count). The third-order valence-electron chi connectivity index (χ3n) is 4.66. The number of aromatic nitrogens is 4. The van der Waals surface area contributed by atoms with E-state index in [-0.39, 0.29) is 5.92 Å². The molecule has 0 spiro atoms. The van der Waals surface area contributed by atoms with Crippen molar-refractivity contribution in [2.24, 2.45) is 18.9 Å². The van der Waals surface area contributed by atoms with Gasteiger partial charge in [-0.3, -0.25) is 4.90 Å². The Morgan fingerprint density at radius 2 is 2.08 bits per heavy atom. The van der Waals surface area contributed by atoms with Gasteiger partial charge in [0, 0.05) is 25.9 Å². The molecule has 3 heterocycles. The van der Waals surface area contributed by atoms with Crippen LogP contribution in [-0.4, -0.2) is 42.8 Å². The van der Waals surface area contributed by atoms with E-state index in [0.29, 0.717) is 18.4 Å². The number of hydrogen-bond donors (Lipinski definition) is 1. The predicted molar refractivity (Wildman–Crippen MR) is 89.0 cm³/mol. The van der Waals surface area contributed by atoms with E-state index in [1.54, 1.807) is 6.20 Å². The molecule has 0 amide bonds. The lowest BCUT2D eigenvalue weighted by Crippen LogP contribution is -2.35. The first-order chi connectivity index (χ1) is 11.5. The van der Waals surface area contributed by atoms with Crippen molar-refractivity contribution in [3.8, 4) is 0 Å². The molecule has 1 saturated heterocycles. The molecule has 1 N–H and O–H groups in total. The molecule has 7 nitrogen and oxygen atoms in total. The SMILES string of the molecule is CC(C)Cc1noc(CN2CCC(C(O)c3nccn3C)CC2)n1. The number of piperidine rings is 1. The highest BCUT2D eigenvalue weighted by molar-refractivity contribution is 4.98. The Labute approximate surface area is 142 Å². The zero-order valence-electron chi connectivity index (χ0n) is 14.7. The van der Waals surface area contributed by atoms with Crippen LogP contribution in [0, 0.1) is 11.8 Å². The number of likely N-dealkylation sites (tertiary alicyclic amines) is 1. The maximum absolute atomic E-state index is 10.5. The van der Waals surface area contributed by atoms with Crippen LogP contribution in [0.5, 0.6) is 0 Å². The Hall–Kier alpha value is -1.73. The van der Waals surface area contributed by atoms with Gasteiger partial charge in [-0.2, -0.15) is 4.98 Å². The minimum Gasteiger partial charge on any atom is -0.385 e. The van der Waals surface area contributed by atoms with Gasteiger partial charge in [-0.15, -0.1) is 0 Å². The lowest BCUT2D eigenvalue weighted by atomic mass is 9.91. The van der Waals surface area contributed by atoms with Crippen molar-refractivity contribution >= 4 is 0 Å². The maximum Gasteiger partial charge on any atom is 0.240 e. The molecule has 2 aromatic heterocycles. The van der Waals surface area contributed by atoms with E-state index in [2.05, 4.69) is 33.9 Å². The molecule has 0 saturated carbocycles. The fraction of sp³-hybridized carbons (Fsp3) is 0.706. The van der Waals surface area contributed by atoms with Crippen LogP contribution in [0.15, 0.2) is 16.9 Å². The van der Waals surface area contributed by atoms with Crippen LogP contribution in [0.2, 0.25) is 0 Å². The van der Waals surface area contributed by atoms with Gasteiger partial charge in [0.15, 0.2) is 5.82 Å². The van der Waals surface area contributed by atoms with Crippen LogP contribution >= 0.6 is 0 Å². The van der Waals surface area contributed by atoms with Gasteiger partial charge in [0.25, 0.3) is 0 Å². The van der Waals surface area contributed by atoms with E-state index in [1.807, 2.05) is 17.8 Å². The Morgan fingerprint density at radius 3 is 2.71 bits per heavy atom. The van der Waals surface area contributed by atoms with Crippen LogP contribution in [0.1, 0.15) is 50.3 Å². The standard InChI is InChI=1S/C17H27N5O2/c1-12(2)10-14-19-15(24-20-14)11-22-7-4-13(5-8-22)16(23)17-18-6-9-21(17)3/h6,9,12-13,16,23H,4-5,7-8,10-11H2,1-3H3. The van der Waals surface area contributed by atoms with Crippen molar-refractivity contribution in [2.75, 3.05) is 13.1 Å². The minimum atomic E-state index is -0.492. The fourth-order valence-electron chi connectivity index (χ4n) is 3.29. The largest absolute Gasteiger partial charge is 0.385 e. The molecular formula is C17H27N5O2. The number of imidazole rings is 1. The quantitative estimate of drug-likeness (QED) is 0.870. The topological polar surface area (TPSA) is 80.2 Å². The maximum atomic E-state index is 10.5. The van der Waals surface area contributed by atoms with Crippen molar-refractivity contribution < 1.29 is 9.63 Å². The van der Waals surface area contributed by atoms with Gasteiger partial charge in [-0.25, -0.2) is 4.98 Å². The normalized spacial score (nSPS) is 18.4.